The van der Waals surface area contributed by atoms with Crippen LogP contribution < -0.4 is 9.64 Å². The lowest BCUT2D eigenvalue weighted by atomic mass is 9.92. The highest BCUT2D eigenvalue weighted by Gasteiger charge is 2.35. The summed E-state index contributed by atoms with van der Waals surface area (Å²) in [7, 11) is 0. The first-order chi connectivity index (χ1) is 22.8. The standard InChI is InChI=1S/C42H29NO2S/c1-3-12-28(13-4-1)32-24-22-30(27-41(32)46-31-14-5-2-6-15-31)43(29-23-25-35-33-16-7-9-20-38(33)44-40(35)26-29)37-19-11-18-36-34-17-8-10-21-39(34)45-42(36)37/h1-27,34,39H. The lowest BCUT2D eigenvalue weighted by molar-refractivity contribution is 0.269. The van der Waals surface area contributed by atoms with Gasteiger partial charge in [0.15, 0.2) is 0 Å². The maximum Gasteiger partial charge on any atom is 0.148 e. The van der Waals surface area contributed by atoms with Gasteiger partial charge in [-0.05, 0) is 65.7 Å². The van der Waals surface area contributed by atoms with Gasteiger partial charge in [0, 0.05) is 43.8 Å². The fourth-order valence-corrected chi connectivity index (χ4v) is 7.74. The van der Waals surface area contributed by atoms with Gasteiger partial charge in [0.1, 0.15) is 23.0 Å². The van der Waals surface area contributed by atoms with Crippen molar-refractivity contribution in [3.8, 4) is 16.9 Å². The maximum atomic E-state index is 6.71. The van der Waals surface area contributed by atoms with Gasteiger partial charge < -0.3 is 14.1 Å². The van der Waals surface area contributed by atoms with Gasteiger partial charge in [-0.1, -0.05) is 115 Å². The molecule has 3 nitrogen and oxygen atoms in total. The molecule has 0 saturated heterocycles. The summed E-state index contributed by atoms with van der Waals surface area (Å²) < 4.78 is 13.1. The van der Waals surface area contributed by atoms with E-state index in [-0.39, 0.29) is 12.0 Å². The van der Waals surface area contributed by atoms with Gasteiger partial charge >= 0.3 is 0 Å². The van der Waals surface area contributed by atoms with Crippen LogP contribution in [-0.4, -0.2) is 6.10 Å². The van der Waals surface area contributed by atoms with E-state index >= 15 is 0 Å². The molecule has 220 valence electrons. The Morgan fingerprint density at radius 2 is 1.33 bits per heavy atom. The summed E-state index contributed by atoms with van der Waals surface area (Å²) in [4.78, 5) is 4.69. The SMILES string of the molecule is C1=CC2Oc3c(cccc3N(c3ccc(-c4ccccc4)c(Sc4ccccc4)c3)c3ccc4c(c3)oc3ccccc34)C2C=C1. The molecule has 2 heterocycles. The summed E-state index contributed by atoms with van der Waals surface area (Å²) in [5, 5.41) is 2.23. The van der Waals surface area contributed by atoms with Gasteiger partial charge in [-0.3, -0.25) is 0 Å². The predicted octanol–water partition coefficient (Wildman–Crippen LogP) is 11.8. The van der Waals surface area contributed by atoms with E-state index < -0.39 is 0 Å². The Labute approximate surface area is 272 Å². The number of benzene rings is 6. The average Bonchev–Trinajstić information content (AvgIpc) is 3.68. The minimum atomic E-state index is -0.00879. The zero-order valence-electron chi connectivity index (χ0n) is 24.9. The fraction of sp³-hybridized carbons (Fsp3) is 0.0476. The summed E-state index contributed by atoms with van der Waals surface area (Å²) >= 11 is 1.78. The number of rotatable bonds is 6. The Bertz CT molecular complexity index is 2290. The molecule has 0 bridgehead atoms. The third-order valence-corrected chi connectivity index (χ3v) is 9.93. The molecule has 2 atom stereocenters. The van der Waals surface area contributed by atoms with Crippen LogP contribution in [0.4, 0.5) is 17.1 Å². The van der Waals surface area contributed by atoms with Crippen LogP contribution in [-0.2, 0) is 0 Å². The number of anilines is 3. The van der Waals surface area contributed by atoms with E-state index in [0.717, 1.165) is 44.8 Å². The lowest BCUT2D eigenvalue weighted by Gasteiger charge is -2.28. The molecule has 0 N–H and O–H groups in total. The van der Waals surface area contributed by atoms with Crippen LogP contribution in [0.25, 0.3) is 33.1 Å². The van der Waals surface area contributed by atoms with Crippen molar-refractivity contribution >= 4 is 50.8 Å². The maximum absolute atomic E-state index is 6.71. The zero-order valence-corrected chi connectivity index (χ0v) is 25.7. The summed E-state index contributed by atoms with van der Waals surface area (Å²) in [6.07, 6.45) is 8.59. The topological polar surface area (TPSA) is 25.6 Å². The van der Waals surface area contributed by atoms with Crippen molar-refractivity contribution in [1.82, 2.24) is 0 Å². The Balaban J connectivity index is 1.25. The third kappa shape index (κ3) is 4.61. The summed E-state index contributed by atoms with van der Waals surface area (Å²) in [6.45, 7) is 0. The molecule has 4 heteroatoms. The minimum absolute atomic E-state index is 0.00879. The molecule has 0 radical (unpaired) electrons. The number of nitrogens with zero attached hydrogens (tertiary/aromatic N) is 1. The number of allylic oxidation sites excluding steroid dienone is 2. The quantitative estimate of drug-likeness (QED) is 0.187. The predicted molar refractivity (Wildman–Crippen MR) is 190 cm³/mol. The molecular weight excluding hydrogens is 583 g/mol. The van der Waals surface area contributed by atoms with Gasteiger partial charge in [-0.2, -0.15) is 0 Å². The molecule has 0 fully saturated rings. The molecule has 2 unspecified atom stereocenters. The molecule has 6 aromatic carbocycles. The van der Waals surface area contributed by atoms with Gasteiger partial charge in [0.05, 0.1) is 11.4 Å². The number of para-hydroxylation sites is 2. The van der Waals surface area contributed by atoms with E-state index in [4.69, 9.17) is 9.15 Å². The molecule has 1 aromatic heterocycles. The molecule has 7 aromatic rings. The first kappa shape index (κ1) is 26.9. The van der Waals surface area contributed by atoms with Crippen molar-refractivity contribution in [1.29, 1.82) is 0 Å². The van der Waals surface area contributed by atoms with E-state index in [1.165, 1.54) is 26.5 Å². The first-order valence-corrected chi connectivity index (χ1v) is 16.4. The van der Waals surface area contributed by atoms with Crippen molar-refractivity contribution in [2.24, 2.45) is 0 Å². The average molecular weight is 612 g/mol. The summed E-state index contributed by atoms with van der Waals surface area (Å²) in [6, 6.07) is 49.3. The van der Waals surface area contributed by atoms with Gasteiger partial charge in [-0.15, -0.1) is 0 Å². The Morgan fingerprint density at radius 3 is 2.22 bits per heavy atom. The third-order valence-electron chi connectivity index (χ3n) is 8.86. The minimum Gasteiger partial charge on any atom is -0.483 e. The van der Waals surface area contributed by atoms with Crippen LogP contribution in [0.5, 0.6) is 5.75 Å². The molecule has 46 heavy (non-hydrogen) atoms. The molecule has 2 aliphatic rings. The highest BCUT2D eigenvalue weighted by molar-refractivity contribution is 7.99. The van der Waals surface area contributed by atoms with Crippen molar-refractivity contribution in [3.05, 3.63) is 169 Å². The molecule has 1 aliphatic heterocycles. The second kappa shape index (κ2) is 11.2. The van der Waals surface area contributed by atoms with Crippen molar-refractivity contribution in [3.63, 3.8) is 0 Å². The molecule has 1 aliphatic carbocycles. The van der Waals surface area contributed by atoms with E-state index in [2.05, 4.69) is 157 Å². The number of furan rings is 1. The highest BCUT2D eigenvalue weighted by atomic mass is 32.2. The van der Waals surface area contributed by atoms with Crippen molar-refractivity contribution in [2.45, 2.75) is 21.8 Å². The van der Waals surface area contributed by atoms with Gasteiger partial charge in [0.2, 0.25) is 0 Å². The molecule has 0 saturated carbocycles. The lowest BCUT2D eigenvalue weighted by Crippen LogP contribution is -2.16. The molecule has 0 amide bonds. The summed E-state index contributed by atoms with van der Waals surface area (Å²) in [5.41, 5.74) is 8.40. The van der Waals surface area contributed by atoms with Crippen molar-refractivity contribution in [2.75, 3.05) is 4.90 Å². The summed E-state index contributed by atoms with van der Waals surface area (Å²) in [5.74, 6) is 1.12. The van der Waals surface area contributed by atoms with E-state index in [1.54, 1.807) is 11.8 Å². The fourth-order valence-electron chi connectivity index (χ4n) is 6.71. The Kier molecular flexibility index (Phi) is 6.53. The zero-order chi connectivity index (χ0) is 30.5. The van der Waals surface area contributed by atoms with Crippen LogP contribution in [0.3, 0.4) is 0 Å². The molecular formula is C42H29NO2S. The van der Waals surface area contributed by atoms with Gasteiger partial charge in [-0.25, -0.2) is 0 Å². The molecule has 0 spiro atoms. The molecule has 9 rings (SSSR count). The first-order valence-electron chi connectivity index (χ1n) is 15.6. The van der Waals surface area contributed by atoms with Crippen molar-refractivity contribution < 1.29 is 9.15 Å². The number of hydrogen-bond donors (Lipinski definition) is 0. The van der Waals surface area contributed by atoms with Crippen LogP contribution >= 0.6 is 11.8 Å². The highest BCUT2D eigenvalue weighted by Crippen LogP contribution is 2.51. The number of hydrogen-bond acceptors (Lipinski definition) is 4. The Hall–Kier alpha value is -5.45. The van der Waals surface area contributed by atoms with E-state index in [0.29, 0.717) is 0 Å². The smallest absolute Gasteiger partial charge is 0.148 e. The Morgan fingerprint density at radius 1 is 0.587 bits per heavy atom. The normalized spacial score (nSPS) is 16.3. The largest absolute Gasteiger partial charge is 0.483 e. The second-order valence-corrected chi connectivity index (χ2v) is 12.8. The van der Waals surface area contributed by atoms with E-state index in [1.807, 2.05) is 12.1 Å². The van der Waals surface area contributed by atoms with E-state index in [9.17, 15) is 0 Å². The van der Waals surface area contributed by atoms with Crippen LogP contribution in [0, 0.1) is 0 Å². The van der Waals surface area contributed by atoms with Crippen LogP contribution in [0.15, 0.2) is 178 Å². The monoisotopic (exact) mass is 611 g/mol. The van der Waals surface area contributed by atoms with Crippen LogP contribution in [0.2, 0.25) is 0 Å². The number of fused-ring (bicyclic) bond motifs is 6. The van der Waals surface area contributed by atoms with Crippen LogP contribution in [0.1, 0.15) is 11.5 Å². The van der Waals surface area contributed by atoms with Gasteiger partial charge in [0.25, 0.3) is 0 Å². The second-order valence-electron chi connectivity index (χ2n) is 11.6. The number of ether oxygens (including phenoxy) is 1.